The third kappa shape index (κ3) is 9.58. The zero-order valence-electron chi connectivity index (χ0n) is 17.8. The zero-order chi connectivity index (χ0) is 19.7. The van der Waals surface area contributed by atoms with Crippen LogP contribution >= 0.6 is 24.0 Å². The normalized spacial score (nSPS) is 23.2. The summed E-state index contributed by atoms with van der Waals surface area (Å²) in [5.74, 6) is 1.18. The van der Waals surface area contributed by atoms with E-state index in [-0.39, 0.29) is 29.7 Å². The molecule has 0 aromatic carbocycles. The van der Waals surface area contributed by atoms with Crippen molar-refractivity contribution in [1.82, 2.24) is 20.4 Å². The van der Waals surface area contributed by atoms with Crippen molar-refractivity contribution in [3.05, 3.63) is 0 Å². The van der Waals surface area contributed by atoms with Crippen molar-refractivity contribution >= 4 is 39.8 Å². The van der Waals surface area contributed by atoms with Crippen LogP contribution in [0.2, 0.25) is 0 Å². The average Bonchev–Trinajstić information content (AvgIpc) is 2.65. The second-order valence-electron chi connectivity index (χ2n) is 7.89. The first-order valence-electron chi connectivity index (χ1n) is 10.6. The van der Waals surface area contributed by atoms with E-state index < -0.39 is 9.84 Å². The van der Waals surface area contributed by atoms with E-state index in [4.69, 9.17) is 4.99 Å². The summed E-state index contributed by atoms with van der Waals surface area (Å²) in [6.07, 6.45) is 7.23. The van der Waals surface area contributed by atoms with Crippen LogP contribution in [0.3, 0.4) is 0 Å². The van der Waals surface area contributed by atoms with Crippen LogP contribution in [0.5, 0.6) is 0 Å². The van der Waals surface area contributed by atoms with Gasteiger partial charge in [0.05, 0.1) is 12.3 Å². The summed E-state index contributed by atoms with van der Waals surface area (Å²) in [5, 5.41) is 6.98. The fourth-order valence-corrected chi connectivity index (χ4v) is 4.58. The predicted octanol–water partition coefficient (Wildman–Crippen LogP) is 1.54. The summed E-state index contributed by atoms with van der Waals surface area (Å²) in [5.41, 5.74) is 0. The number of nitrogens with one attached hydrogen (secondary N) is 2. The summed E-state index contributed by atoms with van der Waals surface area (Å²) >= 11 is 0. The monoisotopic (exact) mass is 529 g/mol. The van der Waals surface area contributed by atoms with Crippen LogP contribution in [0.25, 0.3) is 0 Å². The van der Waals surface area contributed by atoms with Crippen molar-refractivity contribution in [3.63, 3.8) is 0 Å². The number of likely N-dealkylation sites (N-methyl/N-ethyl adjacent to an activating group) is 1. The molecule has 2 rings (SSSR count). The Morgan fingerprint density at radius 1 is 1.11 bits per heavy atom. The standard InChI is InChI=1S/C19H39N5O2S.HI/c1-4-20-19(21-16-18-8-6-7-11-24(18)5-2)22-17-9-12-23(13-10-17)14-15-27(3,25)26;/h17-18H,4-16H2,1-3H3,(H2,20,21,22);1H. The number of likely N-dealkylation sites (tertiary alicyclic amines) is 2. The van der Waals surface area contributed by atoms with Gasteiger partial charge in [-0.25, -0.2) is 8.42 Å². The molecule has 0 bridgehead atoms. The lowest BCUT2D eigenvalue weighted by Crippen LogP contribution is -2.49. The van der Waals surface area contributed by atoms with Gasteiger partial charge in [-0.15, -0.1) is 24.0 Å². The summed E-state index contributed by atoms with van der Waals surface area (Å²) < 4.78 is 22.7. The first-order chi connectivity index (χ1) is 12.9. The van der Waals surface area contributed by atoms with Gasteiger partial charge in [0.15, 0.2) is 5.96 Å². The van der Waals surface area contributed by atoms with Gasteiger partial charge in [-0.2, -0.15) is 0 Å². The van der Waals surface area contributed by atoms with Crippen LogP contribution < -0.4 is 10.6 Å². The van der Waals surface area contributed by atoms with E-state index in [2.05, 4.69) is 34.3 Å². The average molecular weight is 530 g/mol. The van der Waals surface area contributed by atoms with Crippen LogP contribution in [0.1, 0.15) is 46.0 Å². The van der Waals surface area contributed by atoms with E-state index in [1.54, 1.807) is 0 Å². The minimum atomic E-state index is -2.88. The number of halogens is 1. The number of piperidine rings is 2. The summed E-state index contributed by atoms with van der Waals surface area (Å²) in [6.45, 7) is 10.9. The molecule has 2 saturated heterocycles. The zero-order valence-corrected chi connectivity index (χ0v) is 21.0. The number of hydrogen-bond acceptors (Lipinski definition) is 5. The highest BCUT2D eigenvalue weighted by Gasteiger charge is 2.22. The molecule has 1 unspecified atom stereocenters. The molecule has 1 atom stereocenters. The quantitative estimate of drug-likeness (QED) is 0.282. The van der Waals surface area contributed by atoms with Gasteiger partial charge in [0.25, 0.3) is 0 Å². The Bertz CT molecular complexity index is 565. The number of aliphatic imine (C=N–C) groups is 1. The smallest absolute Gasteiger partial charge is 0.191 e. The molecule has 9 heteroatoms. The van der Waals surface area contributed by atoms with Gasteiger partial charge in [-0.3, -0.25) is 9.89 Å². The van der Waals surface area contributed by atoms with Crippen molar-refractivity contribution < 1.29 is 8.42 Å². The van der Waals surface area contributed by atoms with Crippen molar-refractivity contribution in [2.24, 2.45) is 4.99 Å². The minimum absolute atomic E-state index is 0. The van der Waals surface area contributed by atoms with Crippen molar-refractivity contribution in [3.8, 4) is 0 Å². The van der Waals surface area contributed by atoms with Crippen LogP contribution in [-0.4, -0.2) is 94.1 Å². The van der Waals surface area contributed by atoms with E-state index >= 15 is 0 Å². The van der Waals surface area contributed by atoms with Gasteiger partial charge in [0, 0.05) is 44.5 Å². The maximum atomic E-state index is 11.3. The highest BCUT2D eigenvalue weighted by atomic mass is 127. The molecule has 0 radical (unpaired) electrons. The van der Waals surface area contributed by atoms with Crippen molar-refractivity contribution in [1.29, 1.82) is 0 Å². The largest absolute Gasteiger partial charge is 0.357 e. The van der Waals surface area contributed by atoms with Crippen molar-refractivity contribution in [2.75, 3.05) is 57.8 Å². The first-order valence-corrected chi connectivity index (χ1v) is 12.7. The molecule has 2 aliphatic heterocycles. The van der Waals surface area contributed by atoms with Crippen LogP contribution in [0.4, 0.5) is 0 Å². The van der Waals surface area contributed by atoms with Gasteiger partial charge in [-0.1, -0.05) is 13.3 Å². The van der Waals surface area contributed by atoms with Crippen LogP contribution in [0, 0.1) is 0 Å². The van der Waals surface area contributed by atoms with E-state index in [1.807, 2.05) is 0 Å². The van der Waals surface area contributed by atoms with Crippen LogP contribution in [-0.2, 0) is 9.84 Å². The molecule has 166 valence electrons. The Morgan fingerprint density at radius 3 is 2.43 bits per heavy atom. The Morgan fingerprint density at radius 2 is 1.82 bits per heavy atom. The molecule has 2 N–H and O–H groups in total. The molecular formula is C19H40IN5O2S. The molecule has 0 spiro atoms. The number of hydrogen-bond donors (Lipinski definition) is 2. The molecule has 0 aromatic rings. The molecule has 0 saturated carbocycles. The SMILES string of the molecule is CCNC(=NCC1CCCCN1CC)NC1CCN(CCS(C)(=O)=O)CC1.I. The number of rotatable bonds is 8. The van der Waals surface area contributed by atoms with Gasteiger partial charge in [0.1, 0.15) is 9.84 Å². The van der Waals surface area contributed by atoms with Gasteiger partial charge in [0.2, 0.25) is 0 Å². The Balaban J connectivity index is 0.00000392. The summed E-state index contributed by atoms with van der Waals surface area (Å²) in [7, 11) is -2.88. The summed E-state index contributed by atoms with van der Waals surface area (Å²) in [4.78, 5) is 9.68. The van der Waals surface area contributed by atoms with E-state index in [0.29, 0.717) is 18.6 Å². The second kappa shape index (κ2) is 13.2. The predicted molar refractivity (Wildman–Crippen MR) is 129 cm³/mol. The molecule has 0 aromatic heterocycles. The molecule has 2 aliphatic rings. The lowest BCUT2D eigenvalue weighted by atomic mass is 10.0. The molecular weight excluding hydrogens is 489 g/mol. The van der Waals surface area contributed by atoms with Gasteiger partial charge >= 0.3 is 0 Å². The lowest BCUT2D eigenvalue weighted by molar-refractivity contribution is 0.161. The first kappa shape index (κ1) is 25.9. The number of guanidine groups is 1. The molecule has 7 nitrogen and oxygen atoms in total. The van der Waals surface area contributed by atoms with Crippen molar-refractivity contribution in [2.45, 2.75) is 58.0 Å². The molecule has 2 fully saturated rings. The van der Waals surface area contributed by atoms with Gasteiger partial charge < -0.3 is 15.5 Å². The Hall–Kier alpha value is -0.130. The maximum absolute atomic E-state index is 11.3. The van der Waals surface area contributed by atoms with E-state index in [1.165, 1.54) is 32.1 Å². The fraction of sp³-hybridized carbons (Fsp3) is 0.947. The van der Waals surface area contributed by atoms with E-state index in [0.717, 1.165) is 51.5 Å². The number of sulfone groups is 1. The highest BCUT2D eigenvalue weighted by molar-refractivity contribution is 14.0. The lowest BCUT2D eigenvalue weighted by Gasteiger charge is -2.34. The topological polar surface area (TPSA) is 77.0 Å². The number of nitrogens with zero attached hydrogens (tertiary/aromatic N) is 3. The minimum Gasteiger partial charge on any atom is -0.357 e. The maximum Gasteiger partial charge on any atom is 0.191 e. The van der Waals surface area contributed by atoms with Crippen LogP contribution in [0.15, 0.2) is 4.99 Å². The third-order valence-electron chi connectivity index (χ3n) is 5.67. The highest BCUT2D eigenvalue weighted by Crippen LogP contribution is 2.17. The second-order valence-corrected chi connectivity index (χ2v) is 10.1. The fourth-order valence-electron chi connectivity index (χ4n) is 3.99. The molecule has 0 amide bonds. The molecule has 2 heterocycles. The van der Waals surface area contributed by atoms with E-state index in [9.17, 15) is 8.42 Å². The van der Waals surface area contributed by atoms with Gasteiger partial charge in [-0.05, 0) is 45.7 Å². The Kier molecular flexibility index (Phi) is 12.2. The Labute approximate surface area is 189 Å². The third-order valence-corrected chi connectivity index (χ3v) is 6.59. The molecule has 28 heavy (non-hydrogen) atoms. The molecule has 0 aliphatic carbocycles. The summed E-state index contributed by atoms with van der Waals surface area (Å²) in [6, 6.07) is 0.975.